The average Bonchev–Trinajstić information content (AvgIpc) is 2.44. The van der Waals surface area contributed by atoms with Crippen LogP contribution in [0.3, 0.4) is 0 Å². The van der Waals surface area contributed by atoms with Gasteiger partial charge >= 0.3 is 0 Å². The molecule has 1 saturated heterocycles. The minimum atomic E-state index is 0.664. The largest absolute Gasteiger partial charge is 0.496 e. The maximum Gasteiger partial charge on any atom is 0.122 e. The van der Waals surface area contributed by atoms with Crippen LogP contribution in [0.4, 0.5) is 0 Å². The van der Waals surface area contributed by atoms with E-state index in [1.807, 2.05) is 11.8 Å². The highest BCUT2D eigenvalue weighted by atomic mass is 32.2. The molecule has 1 fully saturated rings. The smallest absolute Gasteiger partial charge is 0.122 e. The van der Waals surface area contributed by atoms with Crippen molar-refractivity contribution in [1.82, 2.24) is 5.32 Å². The zero-order valence-corrected chi connectivity index (χ0v) is 12.0. The van der Waals surface area contributed by atoms with Gasteiger partial charge in [0.25, 0.3) is 0 Å². The number of benzene rings is 1. The predicted molar refractivity (Wildman–Crippen MR) is 76.7 cm³/mol. The molecule has 0 aromatic heterocycles. The van der Waals surface area contributed by atoms with Gasteiger partial charge < -0.3 is 10.1 Å². The lowest BCUT2D eigenvalue weighted by Crippen LogP contribution is -2.46. The summed E-state index contributed by atoms with van der Waals surface area (Å²) in [5, 5.41) is 3.69. The van der Waals surface area contributed by atoms with Gasteiger partial charge in [-0.1, -0.05) is 0 Å². The molecule has 3 heteroatoms. The van der Waals surface area contributed by atoms with Crippen LogP contribution in [-0.2, 0) is 12.8 Å². The number of fused-ring (bicyclic) bond motifs is 2. The molecule has 1 aromatic carbocycles. The topological polar surface area (TPSA) is 21.3 Å². The van der Waals surface area contributed by atoms with Gasteiger partial charge in [0.15, 0.2) is 0 Å². The molecule has 2 nitrogen and oxygen atoms in total. The van der Waals surface area contributed by atoms with E-state index in [0.29, 0.717) is 6.04 Å². The fourth-order valence-corrected chi connectivity index (χ4v) is 4.12. The zero-order chi connectivity index (χ0) is 12.5. The van der Waals surface area contributed by atoms with Crippen LogP contribution in [-0.4, -0.2) is 26.0 Å². The van der Waals surface area contributed by atoms with Crippen molar-refractivity contribution in [3.63, 3.8) is 0 Å². The van der Waals surface area contributed by atoms with Crippen molar-refractivity contribution in [3.05, 3.63) is 23.3 Å². The van der Waals surface area contributed by atoms with E-state index in [1.54, 1.807) is 12.7 Å². The Morgan fingerprint density at radius 3 is 2.94 bits per heavy atom. The van der Waals surface area contributed by atoms with Crippen LogP contribution in [0.2, 0.25) is 0 Å². The summed E-state index contributed by atoms with van der Waals surface area (Å²) in [4.78, 5) is 1.44. The van der Waals surface area contributed by atoms with E-state index in [2.05, 4.69) is 23.7 Å². The maximum atomic E-state index is 5.55. The fraction of sp³-hybridized carbons (Fsp3) is 0.600. The molecule has 2 aliphatic rings. The van der Waals surface area contributed by atoms with E-state index in [9.17, 15) is 0 Å². The van der Waals surface area contributed by atoms with Crippen molar-refractivity contribution in [2.45, 2.75) is 36.6 Å². The molecule has 1 aliphatic heterocycles. The molecule has 18 heavy (non-hydrogen) atoms. The first kappa shape index (κ1) is 12.4. The number of hydrogen-bond donors (Lipinski definition) is 1. The van der Waals surface area contributed by atoms with Crippen molar-refractivity contribution in [2.24, 2.45) is 5.92 Å². The van der Waals surface area contributed by atoms with E-state index in [-0.39, 0.29) is 0 Å². The van der Waals surface area contributed by atoms with Gasteiger partial charge in [-0.15, -0.1) is 11.8 Å². The Kier molecular flexibility index (Phi) is 3.53. The van der Waals surface area contributed by atoms with Gasteiger partial charge in [-0.05, 0) is 67.7 Å². The van der Waals surface area contributed by atoms with E-state index in [1.165, 1.54) is 36.3 Å². The van der Waals surface area contributed by atoms with Gasteiger partial charge in [-0.2, -0.15) is 0 Å². The number of nitrogens with one attached hydrogen (secondary N) is 1. The molecule has 0 saturated carbocycles. The van der Waals surface area contributed by atoms with Crippen molar-refractivity contribution in [1.29, 1.82) is 0 Å². The van der Waals surface area contributed by atoms with Crippen LogP contribution in [0.5, 0.6) is 5.75 Å². The van der Waals surface area contributed by atoms with Gasteiger partial charge in [0, 0.05) is 10.9 Å². The minimum Gasteiger partial charge on any atom is -0.496 e. The van der Waals surface area contributed by atoms with E-state index < -0.39 is 0 Å². The first-order valence-corrected chi connectivity index (χ1v) is 8.02. The second kappa shape index (κ2) is 5.14. The number of hydrogen-bond acceptors (Lipinski definition) is 3. The lowest BCUT2D eigenvalue weighted by Gasteiger charge is -2.38. The number of thioether (sulfide) groups is 1. The van der Waals surface area contributed by atoms with Gasteiger partial charge in [0.05, 0.1) is 7.11 Å². The van der Waals surface area contributed by atoms with E-state index >= 15 is 0 Å². The summed E-state index contributed by atoms with van der Waals surface area (Å²) in [6.07, 6.45) is 7.24. The van der Waals surface area contributed by atoms with Gasteiger partial charge in [-0.3, -0.25) is 0 Å². The van der Waals surface area contributed by atoms with Crippen LogP contribution in [0.1, 0.15) is 24.0 Å². The highest BCUT2D eigenvalue weighted by Gasteiger charge is 2.32. The quantitative estimate of drug-likeness (QED) is 0.829. The number of rotatable bonds is 2. The molecule has 3 rings (SSSR count). The molecule has 1 aliphatic carbocycles. The molecule has 0 radical (unpaired) electrons. The summed E-state index contributed by atoms with van der Waals surface area (Å²) in [7, 11) is 1.79. The Bertz CT molecular complexity index is 405. The van der Waals surface area contributed by atoms with Gasteiger partial charge in [0.2, 0.25) is 0 Å². The molecule has 0 unspecified atom stereocenters. The Balaban J connectivity index is 2.01. The SMILES string of the molecule is COc1ccc(SC)c2c1C[C@@H]1NCCC[C@@H]1C2. The van der Waals surface area contributed by atoms with Crippen LogP contribution in [0, 0.1) is 5.92 Å². The molecule has 1 N–H and O–H groups in total. The van der Waals surface area contributed by atoms with Crippen LogP contribution < -0.4 is 10.1 Å². The van der Waals surface area contributed by atoms with E-state index in [4.69, 9.17) is 4.74 Å². The highest BCUT2D eigenvalue weighted by Crippen LogP contribution is 2.39. The van der Waals surface area contributed by atoms with Crippen molar-refractivity contribution < 1.29 is 4.74 Å². The third-order valence-electron chi connectivity index (χ3n) is 4.40. The molecule has 2 atom stereocenters. The molecule has 1 aromatic rings. The Hall–Kier alpha value is -0.670. The average molecular weight is 263 g/mol. The first-order chi connectivity index (χ1) is 8.83. The van der Waals surface area contributed by atoms with Crippen LogP contribution in [0.25, 0.3) is 0 Å². The normalized spacial score (nSPS) is 26.3. The van der Waals surface area contributed by atoms with Crippen LogP contribution >= 0.6 is 11.8 Å². The Morgan fingerprint density at radius 2 is 2.17 bits per heavy atom. The van der Waals surface area contributed by atoms with Crippen LogP contribution in [0.15, 0.2) is 17.0 Å². The molecular weight excluding hydrogens is 242 g/mol. The van der Waals surface area contributed by atoms with E-state index in [0.717, 1.165) is 18.1 Å². The third kappa shape index (κ3) is 2.04. The minimum absolute atomic E-state index is 0.664. The summed E-state index contributed by atoms with van der Waals surface area (Å²) in [5.74, 6) is 1.90. The molecule has 1 heterocycles. The maximum absolute atomic E-state index is 5.55. The number of piperidine rings is 1. The number of methoxy groups -OCH3 is 1. The first-order valence-electron chi connectivity index (χ1n) is 6.79. The summed E-state index contributed by atoms with van der Waals surface area (Å²) in [5.41, 5.74) is 2.99. The Morgan fingerprint density at radius 1 is 1.28 bits per heavy atom. The van der Waals surface area contributed by atoms with Crippen molar-refractivity contribution >= 4 is 11.8 Å². The van der Waals surface area contributed by atoms with Gasteiger partial charge in [-0.25, -0.2) is 0 Å². The molecule has 0 amide bonds. The van der Waals surface area contributed by atoms with Crippen molar-refractivity contribution in [3.8, 4) is 5.75 Å². The number of ether oxygens (including phenoxy) is 1. The predicted octanol–water partition coefficient (Wildman–Crippen LogP) is 2.88. The standard InChI is InChI=1S/C15H21NOS/c1-17-14-5-6-15(18-2)12-8-10-4-3-7-16-13(10)9-11(12)14/h5-6,10,13,16H,3-4,7-9H2,1-2H3/t10-,13+/m1/s1. The molecule has 98 valence electrons. The molecular formula is C15H21NOS. The second-order valence-corrected chi connectivity index (χ2v) is 6.15. The monoisotopic (exact) mass is 263 g/mol. The summed E-state index contributed by atoms with van der Waals surface area (Å²) in [6, 6.07) is 5.02. The lowest BCUT2D eigenvalue weighted by molar-refractivity contribution is 0.258. The third-order valence-corrected chi connectivity index (χ3v) is 5.22. The molecule has 0 bridgehead atoms. The summed E-state index contributed by atoms with van der Waals surface area (Å²) >= 11 is 1.87. The van der Waals surface area contributed by atoms with Crippen molar-refractivity contribution in [2.75, 3.05) is 19.9 Å². The molecule has 0 spiro atoms. The Labute approximate surface area is 113 Å². The fourth-order valence-electron chi connectivity index (χ4n) is 3.46. The zero-order valence-electron chi connectivity index (χ0n) is 11.2. The lowest BCUT2D eigenvalue weighted by atomic mass is 9.76. The summed E-state index contributed by atoms with van der Waals surface area (Å²) in [6.45, 7) is 1.18. The second-order valence-electron chi connectivity index (χ2n) is 5.30. The van der Waals surface area contributed by atoms with Gasteiger partial charge in [0.1, 0.15) is 5.75 Å². The highest BCUT2D eigenvalue weighted by molar-refractivity contribution is 7.98. The summed E-state index contributed by atoms with van der Waals surface area (Å²) < 4.78 is 5.55.